The molecule has 2 unspecified atom stereocenters. The van der Waals surface area contributed by atoms with Crippen LogP contribution in [0.4, 0.5) is 0 Å². The average Bonchev–Trinajstić information content (AvgIpc) is 2.49. The van der Waals surface area contributed by atoms with E-state index in [1.807, 2.05) is 19.1 Å². The summed E-state index contributed by atoms with van der Waals surface area (Å²) in [5, 5.41) is 0. The molecular weight excluding hydrogens is 252 g/mol. The quantitative estimate of drug-likeness (QED) is 0.729. The van der Waals surface area contributed by atoms with E-state index < -0.39 is 0 Å². The molecule has 0 saturated heterocycles. The first kappa shape index (κ1) is 14.9. The van der Waals surface area contributed by atoms with Crippen molar-refractivity contribution in [3.63, 3.8) is 0 Å². The molecule has 110 valence electrons. The molecule has 1 aromatic rings. The second-order valence-electron chi connectivity index (χ2n) is 5.33. The van der Waals surface area contributed by atoms with Crippen LogP contribution >= 0.6 is 0 Å². The summed E-state index contributed by atoms with van der Waals surface area (Å²) in [6, 6.07) is 5.49. The number of ether oxygens (including phenoxy) is 2. The molecule has 0 aromatic heterocycles. The van der Waals surface area contributed by atoms with Crippen LogP contribution in [0.25, 0.3) is 0 Å². The van der Waals surface area contributed by atoms with Gasteiger partial charge in [0.05, 0.1) is 12.2 Å². The maximum atomic E-state index is 11.2. The van der Waals surface area contributed by atoms with Crippen LogP contribution in [0.2, 0.25) is 0 Å². The van der Waals surface area contributed by atoms with Crippen molar-refractivity contribution in [3.8, 4) is 11.5 Å². The van der Waals surface area contributed by atoms with E-state index >= 15 is 0 Å². The van der Waals surface area contributed by atoms with Crippen molar-refractivity contribution in [2.24, 2.45) is 5.92 Å². The van der Waals surface area contributed by atoms with Crippen LogP contribution in [-0.2, 0) is 0 Å². The molecule has 0 heterocycles. The molecule has 0 radical (unpaired) electrons. The zero-order valence-electron chi connectivity index (χ0n) is 12.4. The molecule has 1 aliphatic carbocycles. The highest BCUT2D eigenvalue weighted by Crippen LogP contribution is 2.36. The maximum Gasteiger partial charge on any atom is 0.172 e. The minimum absolute atomic E-state index is 0.203. The summed E-state index contributed by atoms with van der Waals surface area (Å²) in [5.41, 5.74) is 0.580. The molecule has 3 nitrogen and oxygen atoms in total. The van der Waals surface area contributed by atoms with Gasteiger partial charge in [0, 0.05) is 0 Å². The van der Waals surface area contributed by atoms with E-state index in [9.17, 15) is 4.79 Å². The second kappa shape index (κ2) is 7.32. The van der Waals surface area contributed by atoms with E-state index in [0.29, 0.717) is 29.6 Å². The third-order valence-corrected chi connectivity index (χ3v) is 4.07. The van der Waals surface area contributed by atoms with E-state index in [4.69, 9.17) is 9.47 Å². The molecular formula is C17H24O3. The van der Waals surface area contributed by atoms with Crippen LogP contribution in [-0.4, -0.2) is 19.0 Å². The summed E-state index contributed by atoms with van der Waals surface area (Å²) in [7, 11) is 0. The number of hydrogen-bond acceptors (Lipinski definition) is 3. The molecule has 0 bridgehead atoms. The van der Waals surface area contributed by atoms with Gasteiger partial charge in [-0.1, -0.05) is 19.4 Å². The van der Waals surface area contributed by atoms with Crippen molar-refractivity contribution >= 4 is 6.29 Å². The molecule has 20 heavy (non-hydrogen) atoms. The average molecular weight is 276 g/mol. The topological polar surface area (TPSA) is 35.5 Å². The van der Waals surface area contributed by atoms with Gasteiger partial charge in [0.1, 0.15) is 6.10 Å². The van der Waals surface area contributed by atoms with Crippen LogP contribution in [0, 0.1) is 5.92 Å². The molecule has 0 N–H and O–H groups in total. The summed E-state index contributed by atoms with van der Waals surface area (Å²) in [6.07, 6.45) is 6.94. The number of rotatable bonds is 6. The first-order chi connectivity index (χ1) is 9.80. The monoisotopic (exact) mass is 276 g/mol. The van der Waals surface area contributed by atoms with Crippen molar-refractivity contribution in [1.29, 1.82) is 0 Å². The van der Waals surface area contributed by atoms with Crippen molar-refractivity contribution in [3.05, 3.63) is 23.8 Å². The molecule has 1 saturated carbocycles. The van der Waals surface area contributed by atoms with Crippen molar-refractivity contribution in [2.45, 2.75) is 52.1 Å². The van der Waals surface area contributed by atoms with Gasteiger partial charge in [-0.25, -0.2) is 0 Å². The second-order valence-corrected chi connectivity index (χ2v) is 5.33. The summed E-state index contributed by atoms with van der Waals surface area (Å²) in [6.45, 7) is 4.72. The maximum absolute atomic E-state index is 11.2. The molecule has 0 amide bonds. The van der Waals surface area contributed by atoms with Gasteiger partial charge in [0.15, 0.2) is 17.8 Å². The first-order valence-electron chi connectivity index (χ1n) is 7.67. The summed E-state index contributed by atoms with van der Waals surface area (Å²) in [5.74, 6) is 1.88. The van der Waals surface area contributed by atoms with Crippen molar-refractivity contribution < 1.29 is 14.3 Å². The third-order valence-electron chi connectivity index (χ3n) is 4.07. The van der Waals surface area contributed by atoms with Crippen LogP contribution in [0.15, 0.2) is 18.2 Å². The molecule has 1 fully saturated rings. The molecule has 0 aliphatic heterocycles. The van der Waals surface area contributed by atoms with Gasteiger partial charge in [-0.15, -0.1) is 0 Å². The normalized spacial score (nSPS) is 22.3. The fraction of sp³-hybridized carbons (Fsp3) is 0.588. The van der Waals surface area contributed by atoms with Gasteiger partial charge in [0.25, 0.3) is 0 Å². The van der Waals surface area contributed by atoms with E-state index in [0.717, 1.165) is 19.1 Å². The van der Waals surface area contributed by atoms with Crippen LogP contribution < -0.4 is 9.47 Å². The number of aldehydes is 1. The smallest absolute Gasteiger partial charge is 0.172 e. The van der Waals surface area contributed by atoms with Crippen LogP contribution in [0.5, 0.6) is 11.5 Å². The van der Waals surface area contributed by atoms with E-state index in [-0.39, 0.29) is 6.10 Å². The molecule has 0 spiro atoms. The lowest BCUT2D eigenvalue weighted by atomic mass is 9.84. The Balaban J connectivity index is 2.23. The Morgan fingerprint density at radius 2 is 2.05 bits per heavy atom. The number of hydrogen-bond donors (Lipinski definition) is 0. The standard InChI is InChI=1S/C17H24O3/c1-3-13-8-5-6-10-15(13)20-17-14(12-18)9-7-11-16(17)19-4-2/h7,9,11-13,15H,3-6,8,10H2,1-2H3. The van der Waals surface area contributed by atoms with Crippen LogP contribution in [0.1, 0.15) is 56.3 Å². The highest BCUT2D eigenvalue weighted by atomic mass is 16.5. The Kier molecular flexibility index (Phi) is 5.45. The molecule has 1 aromatic carbocycles. The zero-order chi connectivity index (χ0) is 14.4. The van der Waals surface area contributed by atoms with E-state index in [2.05, 4.69) is 6.92 Å². The largest absolute Gasteiger partial charge is 0.490 e. The highest BCUT2D eigenvalue weighted by Gasteiger charge is 2.27. The molecule has 3 heteroatoms. The Morgan fingerprint density at radius 3 is 2.75 bits per heavy atom. The van der Waals surface area contributed by atoms with Gasteiger partial charge in [-0.05, 0) is 50.7 Å². The Morgan fingerprint density at radius 1 is 1.25 bits per heavy atom. The molecule has 2 atom stereocenters. The van der Waals surface area contributed by atoms with E-state index in [1.165, 1.54) is 19.3 Å². The zero-order valence-corrected chi connectivity index (χ0v) is 12.4. The lowest BCUT2D eigenvalue weighted by molar-refractivity contribution is 0.0846. The Labute approximate surface area is 121 Å². The third kappa shape index (κ3) is 3.33. The predicted molar refractivity (Wildman–Crippen MR) is 79.7 cm³/mol. The van der Waals surface area contributed by atoms with Crippen molar-refractivity contribution in [2.75, 3.05) is 6.61 Å². The Hall–Kier alpha value is -1.51. The summed E-state index contributed by atoms with van der Waals surface area (Å²) >= 11 is 0. The fourth-order valence-electron chi connectivity index (χ4n) is 2.97. The van der Waals surface area contributed by atoms with E-state index in [1.54, 1.807) is 6.07 Å². The number of para-hydroxylation sites is 1. The highest BCUT2D eigenvalue weighted by molar-refractivity contribution is 5.81. The minimum atomic E-state index is 0.203. The Bertz CT molecular complexity index is 442. The van der Waals surface area contributed by atoms with Crippen molar-refractivity contribution in [1.82, 2.24) is 0 Å². The van der Waals surface area contributed by atoms with Gasteiger partial charge in [0.2, 0.25) is 0 Å². The fourth-order valence-corrected chi connectivity index (χ4v) is 2.97. The number of carbonyl (C=O) groups excluding carboxylic acids is 1. The number of benzene rings is 1. The predicted octanol–water partition coefficient (Wildman–Crippen LogP) is 4.25. The number of carbonyl (C=O) groups is 1. The molecule has 1 aliphatic rings. The SMILES string of the molecule is CCOc1cccc(C=O)c1OC1CCCCC1CC. The van der Waals surface area contributed by atoms with Gasteiger partial charge in [-0.2, -0.15) is 0 Å². The minimum Gasteiger partial charge on any atom is -0.490 e. The lowest BCUT2D eigenvalue weighted by Gasteiger charge is -2.32. The molecule has 2 rings (SSSR count). The summed E-state index contributed by atoms with van der Waals surface area (Å²) in [4.78, 5) is 11.2. The van der Waals surface area contributed by atoms with Gasteiger partial charge < -0.3 is 9.47 Å². The first-order valence-corrected chi connectivity index (χ1v) is 7.67. The lowest BCUT2D eigenvalue weighted by Crippen LogP contribution is -2.30. The van der Waals surface area contributed by atoms with Crippen LogP contribution in [0.3, 0.4) is 0 Å². The van der Waals surface area contributed by atoms with Gasteiger partial charge >= 0.3 is 0 Å². The van der Waals surface area contributed by atoms with Gasteiger partial charge in [-0.3, -0.25) is 4.79 Å². The summed E-state index contributed by atoms with van der Waals surface area (Å²) < 4.78 is 11.8.